The number of fused-ring (bicyclic) bond motifs is 1. The normalized spacial score (nSPS) is 14.9. The van der Waals surface area contributed by atoms with Gasteiger partial charge in [0.05, 0.1) is 36.9 Å². The highest BCUT2D eigenvalue weighted by Crippen LogP contribution is 2.47. The van der Waals surface area contributed by atoms with Crippen molar-refractivity contribution in [3.05, 3.63) is 59.2 Å². The maximum Gasteiger partial charge on any atom is 0.312 e. The van der Waals surface area contributed by atoms with E-state index in [1.54, 1.807) is 0 Å². The van der Waals surface area contributed by atoms with Gasteiger partial charge < -0.3 is 14.2 Å². The van der Waals surface area contributed by atoms with Crippen molar-refractivity contribution in [2.45, 2.75) is 99.8 Å². The zero-order valence-corrected chi connectivity index (χ0v) is 27.0. The van der Waals surface area contributed by atoms with Crippen LogP contribution in [0.3, 0.4) is 0 Å². The number of rotatable bonds is 14. The first-order valence-electron chi connectivity index (χ1n) is 15.6. The molecule has 5 nitrogen and oxygen atoms in total. The fraction of sp³-hybridized carbons (Fsp3) is 0.568. The summed E-state index contributed by atoms with van der Waals surface area (Å²) in [6.45, 7) is 16.9. The maximum atomic E-state index is 13.0. The van der Waals surface area contributed by atoms with Crippen molar-refractivity contribution < 1.29 is 19.0 Å². The summed E-state index contributed by atoms with van der Waals surface area (Å²) in [7, 11) is 0. The van der Waals surface area contributed by atoms with Crippen LogP contribution in [0.1, 0.15) is 110 Å². The molecule has 1 aliphatic rings. The standard InChI is InChI=1S/C37H51NO4/c1-35(2,3)27-37(7,36(4,5)6)34(39)42-22-13-11-9-8-10-12-21-40-32-18-16-29(17-19-32)31(26-38)24-28-14-15-30-20-23-41-33(30)25-28/h14-19,24-25H,8-13,20-23,27H2,1-7H3/b31-24+. The van der Waals surface area contributed by atoms with E-state index >= 15 is 0 Å². The molecule has 1 heterocycles. The van der Waals surface area contributed by atoms with Gasteiger partial charge in [0.15, 0.2) is 0 Å². The molecule has 0 spiro atoms. The van der Waals surface area contributed by atoms with Crippen molar-refractivity contribution in [2.75, 3.05) is 19.8 Å². The first kappa shape index (κ1) is 33.2. The van der Waals surface area contributed by atoms with Gasteiger partial charge in [0.25, 0.3) is 0 Å². The van der Waals surface area contributed by atoms with E-state index in [2.05, 4.69) is 60.6 Å². The van der Waals surface area contributed by atoms with Crippen LogP contribution in [0, 0.1) is 27.6 Å². The Hall–Kier alpha value is -3.26. The van der Waals surface area contributed by atoms with Gasteiger partial charge in [0.1, 0.15) is 11.5 Å². The lowest BCUT2D eigenvalue weighted by atomic mass is 9.61. The van der Waals surface area contributed by atoms with Crippen LogP contribution >= 0.6 is 0 Å². The summed E-state index contributed by atoms with van der Waals surface area (Å²) in [4.78, 5) is 13.0. The third-order valence-corrected chi connectivity index (χ3v) is 8.35. The van der Waals surface area contributed by atoms with E-state index in [1.165, 1.54) is 5.56 Å². The monoisotopic (exact) mass is 573 g/mol. The lowest BCUT2D eigenvalue weighted by Gasteiger charge is -2.43. The van der Waals surface area contributed by atoms with Crippen LogP contribution in [0.2, 0.25) is 0 Å². The van der Waals surface area contributed by atoms with E-state index in [4.69, 9.17) is 14.2 Å². The van der Waals surface area contributed by atoms with Crippen molar-refractivity contribution in [3.8, 4) is 17.6 Å². The van der Waals surface area contributed by atoms with Crippen LogP contribution < -0.4 is 9.47 Å². The number of hydrogen-bond acceptors (Lipinski definition) is 5. The van der Waals surface area contributed by atoms with Crippen LogP contribution in [0.25, 0.3) is 11.6 Å². The Balaban J connectivity index is 1.31. The number of allylic oxidation sites excluding steroid dienone is 1. The summed E-state index contributed by atoms with van der Waals surface area (Å²) in [5.74, 6) is 1.67. The number of benzene rings is 2. The number of nitriles is 1. The van der Waals surface area contributed by atoms with Crippen LogP contribution in [-0.2, 0) is 16.0 Å². The minimum absolute atomic E-state index is 0.0610. The molecule has 0 fully saturated rings. The van der Waals surface area contributed by atoms with E-state index in [9.17, 15) is 10.1 Å². The third-order valence-electron chi connectivity index (χ3n) is 8.35. The Morgan fingerprint density at radius 1 is 0.905 bits per heavy atom. The number of carbonyl (C=O) groups excluding carboxylic acids is 1. The molecule has 0 aromatic heterocycles. The van der Waals surface area contributed by atoms with E-state index in [1.807, 2.05) is 42.5 Å². The SMILES string of the molecule is CC(C)(C)CC(C)(C(=O)OCCCCCCCCOc1ccc(/C(C#N)=C/c2ccc3c(c2)OCC3)cc1)C(C)(C)C. The summed E-state index contributed by atoms with van der Waals surface area (Å²) >= 11 is 0. The Labute approximate surface area is 254 Å². The molecule has 3 rings (SSSR count). The average Bonchev–Trinajstić information content (AvgIpc) is 3.39. The molecule has 0 N–H and O–H groups in total. The Kier molecular flexibility index (Phi) is 11.7. The van der Waals surface area contributed by atoms with Gasteiger partial charge in [-0.2, -0.15) is 5.26 Å². The molecule has 228 valence electrons. The van der Waals surface area contributed by atoms with E-state index < -0.39 is 5.41 Å². The van der Waals surface area contributed by atoms with Crippen molar-refractivity contribution in [1.29, 1.82) is 5.26 Å². The van der Waals surface area contributed by atoms with Gasteiger partial charge in [0, 0.05) is 6.42 Å². The summed E-state index contributed by atoms with van der Waals surface area (Å²) in [5.41, 5.74) is 3.07. The van der Waals surface area contributed by atoms with Crippen molar-refractivity contribution >= 4 is 17.6 Å². The molecule has 2 aromatic carbocycles. The van der Waals surface area contributed by atoms with Gasteiger partial charge in [0.2, 0.25) is 0 Å². The summed E-state index contributed by atoms with van der Waals surface area (Å²) in [5, 5.41) is 9.72. The highest BCUT2D eigenvalue weighted by Gasteiger charge is 2.47. The third kappa shape index (κ3) is 9.65. The topological polar surface area (TPSA) is 68.5 Å². The molecule has 0 radical (unpaired) electrons. The van der Waals surface area contributed by atoms with Crippen molar-refractivity contribution in [1.82, 2.24) is 0 Å². The smallest absolute Gasteiger partial charge is 0.312 e. The molecule has 0 amide bonds. The highest BCUT2D eigenvalue weighted by atomic mass is 16.5. The zero-order valence-electron chi connectivity index (χ0n) is 27.0. The number of esters is 1. The number of unbranched alkanes of at least 4 members (excludes halogenated alkanes) is 5. The molecular weight excluding hydrogens is 522 g/mol. The molecule has 0 aliphatic carbocycles. The van der Waals surface area contributed by atoms with Gasteiger partial charge in [-0.1, -0.05) is 79.4 Å². The molecule has 1 aliphatic heterocycles. The first-order valence-corrected chi connectivity index (χ1v) is 15.6. The predicted molar refractivity (Wildman–Crippen MR) is 171 cm³/mol. The van der Waals surface area contributed by atoms with Gasteiger partial charge >= 0.3 is 5.97 Å². The molecule has 1 atom stereocenters. The molecule has 0 saturated carbocycles. The van der Waals surface area contributed by atoms with Crippen LogP contribution in [-0.4, -0.2) is 25.8 Å². The molecule has 0 saturated heterocycles. The van der Waals surface area contributed by atoms with Crippen LogP contribution in [0.15, 0.2) is 42.5 Å². The molecular formula is C37H51NO4. The second kappa shape index (κ2) is 14.8. The van der Waals surface area contributed by atoms with Crippen molar-refractivity contribution in [2.24, 2.45) is 16.2 Å². The van der Waals surface area contributed by atoms with Crippen LogP contribution in [0.4, 0.5) is 0 Å². The maximum absolute atomic E-state index is 13.0. The summed E-state index contributed by atoms with van der Waals surface area (Å²) < 4.78 is 17.3. The Morgan fingerprint density at radius 2 is 1.55 bits per heavy atom. The Bertz CT molecular complexity index is 1240. The van der Waals surface area contributed by atoms with Gasteiger partial charge in [-0.05, 0) is 90.1 Å². The van der Waals surface area contributed by atoms with Gasteiger partial charge in [-0.25, -0.2) is 0 Å². The van der Waals surface area contributed by atoms with Gasteiger partial charge in [-0.15, -0.1) is 0 Å². The fourth-order valence-electron chi connectivity index (χ4n) is 5.48. The van der Waals surface area contributed by atoms with Crippen molar-refractivity contribution in [3.63, 3.8) is 0 Å². The average molecular weight is 574 g/mol. The number of carbonyl (C=O) groups is 1. The lowest BCUT2D eigenvalue weighted by molar-refractivity contribution is -0.164. The molecule has 42 heavy (non-hydrogen) atoms. The minimum Gasteiger partial charge on any atom is -0.494 e. The predicted octanol–water partition coefficient (Wildman–Crippen LogP) is 9.44. The number of nitrogens with zero attached hydrogens (tertiary/aromatic N) is 1. The van der Waals surface area contributed by atoms with E-state index in [0.29, 0.717) is 18.8 Å². The van der Waals surface area contributed by atoms with E-state index in [-0.39, 0.29) is 16.8 Å². The van der Waals surface area contributed by atoms with E-state index in [0.717, 1.165) is 80.6 Å². The summed E-state index contributed by atoms with van der Waals surface area (Å²) in [6.07, 6.45) is 10.00. The quantitative estimate of drug-likeness (QED) is 0.0974. The zero-order chi connectivity index (χ0) is 30.8. The summed E-state index contributed by atoms with van der Waals surface area (Å²) in [6, 6.07) is 16.2. The largest absolute Gasteiger partial charge is 0.494 e. The number of ether oxygens (including phenoxy) is 3. The molecule has 2 aromatic rings. The lowest BCUT2D eigenvalue weighted by Crippen LogP contribution is -2.44. The second-order valence-corrected chi connectivity index (χ2v) is 14.1. The fourth-order valence-corrected chi connectivity index (χ4v) is 5.48. The highest BCUT2D eigenvalue weighted by molar-refractivity contribution is 5.89. The van der Waals surface area contributed by atoms with Crippen LogP contribution in [0.5, 0.6) is 11.5 Å². The van der Waals surface area contributed by atoms with Gasteiger partial charge in [-0.3, -0.25) is 4.79 Å². The minimum atomic E-state index is -0.502. The molecule has 0 bridgehead atoms. The Morgan fingerprint density at radius 3 is 2.17 bits per heavy atom. The molecule has 5 heteroatoms. The second-order valence-electron chi connectivity index (χ2n) is 14.1. The molecule has 1 unspecified atom stereocenters. The first-order chi connectivity index (χ1) is 19.8. The number of hydrogen-bond donors (Lipinski definition) is 0.